The molecule has 0 radical (unpaired) electrons. The van der Waals surface area contributed by atoms with Gasteiger partial charge in [-0.25, -0.2) is 0 Å². The minimum Gasteiger partial charge on any atom is -0.496 e. The lowest BCUT2D eigenvalue weighted by atomic mass is 9.93. The van der Waals surface area contributed by atoms with E-state index in [-0.39, 0.29) is 6.04 Å². The molecule has 0 fully saturated rings. The molecule has 3 heteroatoms. The number of nitrogens with one attached hydrogen (secondary N) is 1. The van der Waals surface area contributed by atoms with Crippen molar-refractivity contribution < 1.29 is 4.74 Å². The molecule has 0 bridgehead atoms. The van der Waals surface area contributed by atoms with Crippen molar-refractivity contribution in [3.8, 4) is 5.75 Å². The van der Waals surface area contributed by atoms with E-state index in [4.69, 9.17) is 4.74 Å². The van der Waals surface area contributed by atoms with E-state index in [0.29, 0.717) is 0 Å². The molecule has 2 aromatic carbocycles. The van der Waals surface area contributed by atoms with Crippen LogP contribution in [0.5, 0.6) is 5.75 Å². The number of benzene rings is 2. The number of halogens is 1. The van der Waals surface area contributed by atoms with Crippen LogP contribution in [-0.2, 0) is 0 Å². The van der Waals surface area contributed by atoms with Crippen LogP contribution in [-0.4, -0.2) is 14.2 Å². The van der Waals surface area contributed by atoms with Crippen LogP contribution in [0.15, 0.2) is 40.9 Å². The largest absolute Gasteiger partial charge is 0.496 e. The summed E-state index contributed by atoms with van der Waals surface area (Å²) in [5, 5.41) is 3.40. The Bertz CT molecular complexity index is 610. The average molecular weight is 334 g/mol. The molecule has 2 rings (SSSR count). The highest BCUT2D eigenvalue weighted by Gasteiger charge is 2.21. The first-order chi connectivity index (χ1) is 9.58. The van der Waals surface area contributed by atoms with Crippen LogP contribution in [0.1, 0.15) is 28.3 Å². The number of methoxy groups -OCH3 is 1. The van der Waals surface area contributed by atoms with E-state index < -0.39 is 0 Å². The summed E-state index contributed by atoms with van der Waals surface area (Å²) in [6, 6.07) is 12.7. The third-order valence-electron chi connectivity index (χ3n) is 3.51. The molecule has 0 heterocycles. The third-order valence-corrected chi connectivity index (χ3v) is 4.23. The Kier molecular flexibility index (Phi) is 4.84. The maximum Gasteiger partial charge on any atom is 0.124 e. The van der Waals surface area contributed by atoms with Gasteiger partial charge in [0.25, 0.3) is 0 Å². The lowest BCUT2D eigenvalue weighted by Crippen LogP contribution is -2.20. The summed E-state index contributed by atoms with van der Waals surface area (Å²) in [5.74, 6) is 0.928. The third kappa shape index (κ3) is 2.89. The van der Waals surface area contributed by atoms with Gasteiger partial charge in [-0.15, -0.1) is 0 Å². The van der Waals surface area contributed by atoms with Gasteiger partial charge in [-0.1, -0.05) is 40.2 Å². The van der Waals surface area contributed by atoms with Crippen molar-refractivity contribution in [1.29, 1.82) is 0 Å². The number of rotatable bonds is 4. The highest BCUT2D eigenvalue weighted by molar-refractivity contribution is 9.10. The molecule has 20 heavy (non-hydrogen) atoms. The lowest BCUT2D eigenvalue weighted by Gasteiger charge is -2.23. The van der Waals surface area contributed by atoms with E-state index in [1.807, 2.05) is 13.1 Å². The number of hydrogen-bond acceptors (Lipinski definition) is 2. The normalized spacial score (nSPS) is 12.2. The van der Waals surface area contributed by atoms with Gasteiger partial charge in [0.05, 0.1) is 13.2 Å². The van der Waals surface area contributed by atoms with E-state index in [1.54, 1.807) is 7.11 Å². The van der Waals surface area contributed by atoms with E-state index in [1.165, 1.54) is 22.3 Å². The molecule has 0 aromatic heterocycles. The van der Waals surface area contributed by atoms with E-state index in [0.717, 1.165) is 10.2 Å². The number of hydrogen-bond donors (Lipinski definition) is 1. The van der Waals surface area contributed by atoms with Crippen molar-refractivity contribution in [3.05, 3.63) is 63.1 Å². The second kappa shape index (κ2) is 6.42. The van der Waals surface area contributed by atoms with E-state index in [9.17, 15) is 0 Å². The monoisotopic (exact) mass is 333 g/mol. The number of aryl methyl sites for hydroxylation is 2. The van der Waals surface area contributed by atoms with Crippen LogP contribution in [0, 0.1) is 13.8 Å². The predicted molar refractivity (Wildman–Crippen MR) is 87.5 cm³/mol. The first-order valence-electron chi connectivity index (χ1n) is 6.65. The first-order valence-corrected chi connectivity index (χ1v) is 7.44. The summed E-state index contributed by atoms with van der Waals surface area (Å²) >= 11 is 3.64. The second-order valence-corrected chi connectivity index (χ2v) is 5.80. The van der Waals surface area contributed by atoms with Crippen LogP contribution >= 0.6 is 15.9 Å². The van der Waals surface area contributed by atoms with E-state index in [2.05, 4.69) is 65.4 Å². The maximum atomic E-state index is 5.60. The van der Waals surface area contributed by atoms with Crippen LogP contribution in [0.3, 0.4) is 0 Å². The van der Waals surface area contributed by atoms with Gasteiger partial charge in [0.15, 0.2) is 0 Å². The van der Waals surface area contributed by atoms with Gasteiger partial charge < -0.3 is 10.1 Å². The zero-order valence-corrected chi connectivity index (χ0v) is 13.9. The summed E-state index contributed by atoms with van der Waals surface area (Å²) in [5.41, 5.74) is 4.84. The van der Waals surface area contributed by atoms with Gasteiger partial charge in [-0.05, 0) is 49.7 Å². The van der Waals surface area contributed by atoms with Gasteiger partial charge >= 0.3 is 0 Å². The highest BCUT2D eigenvalue weighted by Crippen LogP contribution is 2.36. The lowest BCUT2D eigenvalue weighted by molar-refractivity contribution is 0.404. The Morgan fingerprint density at radius 2 is 1.85 bits per heavy atom. The van der Waals surface area contributed by atoms with Crippen molar-refractivity contribution >= 4 is 15.9 Å². The van der Waals surface area contributed by atoms with Gasteiger partial charge in [0.1, 0.15) is 5.75 Å². The maximum absolute atomic E-state index is 5.60. The molecular weight excluding hydrogens is 314 g/mol. The fourth-order valence-corrected chi connectivity index (χ4v) is 3.16. The van der Waals surface area contributed by atoms with Crippen LogP contribution < -0.4 is 10.1 Å². The fraction of sp³-hybridized carbons (Fsp3) is 0.294. The molecule has 0 saturated carbocycles. The predicted octanol–water partition coefficient (Wildman–Crippen LogP) is 4.38. The van der Waals surface area contributed by atoms with Gasteiger partial charge in [0, 0.05) is 10.0 Å². The fourth-order valence-electron chi connectivity index (χ4n) is 2.64. The van der Waals surface area contributed by atoms with Gasteiger partial charge in [-0.2, -0.15) is 0 Å². The Labute approximate surface area is 129 Å². The van der Waals surface area contributed by atoms with Crippen molar-refractivity contribution in [2.24, 2.45) is 0 Å². The molecule has 0 spiro atoms. The number of ether oxygens (including phenoxy) is 1. The Morgan fingerprint density at radius 1 is 1.15 bits per heavy atom. The summed E-state index contributed by atoms with van der Waals surface area (Å²) in [4.78, 5) is 0. The summed E-state index contributed by atoms with van der Waals surface area (Å²) in [7, 11) is 3.70. The van der Waals surface area contributed by atoms with Crippen LogP contribution in [0.25, 0.3) is 0 Å². The molecule has 0 aliphatic rings. The van der Waals surface area contributed by atoms with Gasteiger partial charge in [0.2, 0.25) is 0 Å². The molecule has 1 N–H and O–H groups in total. The molecular formula is C17H20BrNO. The molecule has 106 valence electrons. The minimum absolute atomic E-state index is 0.0983. The molecule has 2 aromatic rings. The zero-order chi connectivity index (χ0) is 14.7. The Hall–Kier alpha value is -1.32. The van der Waals surface area contributed by atoms with Crippen molar-refractivity contribution in [2.75, 3.05) is 14.2 Å². The summed E-state index contributed by atoms with van der Waals surface area (Å²) in [6.45, 7) is 4.22. The SMILES string of the molecule is CNC(c1ccccc1Br)c1c(C)cc(C)cc1OC. The Balaban J connectivity index is 2.61. The van der Waals surface area contributed by atoms with Crippen LogP contribution in [0.4, 0.5) is 0 Å². The molecule has 0 saturated heterocycles. The molecule has 1 unspecified atom stereocenters. The van der Waals surface area contributed by atoms with Crippen molar-refractivity contribution in [2.45, 2.75) is 19.9 Å². The van der Waals surface area contributed by atoms with Crippen LogP contribution in [0.2, 0.25) is 0 Å². The average Bonchev–Trinajstić information content (AvgIpc) is 2.43. The quantitative estimate of drug-likeness (QED) is 0.896. The molecule has 0 amide bonds. The first kappa shape index (κ1) is 15.1. The molecule has 0 aliphatic heterocycles. The van der Waals surface area contributed by atoms with E-state index >= 15 is 0 Å². The zero-order valence-electron chi connectivity index (χ0n) is 12.3. The summed E-state index contributed by atoms with van der Waals surface area (Å²) in [6.07, 6.45) is 0. The standard InChI is InChI=1S/C17H20BrNO/c1-11-9-12(2)16(15(10-11)20-4)17(19-3)13-7-5-6-8-14(13)18/h5-10,17,19H,1-4H3. The minimum atomic E-state index is 0.0983. The van der Waals surface area contributed by atoms with Gasteiger partial charge in [-0.3, -0.25) is 0 Å². The molecule has 1 atom stereocenters. The second-order valence-electron chi connectivity index (χ2n) is 4.94. The van der Waals surface area contributed by atoms with Crippen molar-refractivity contribution in [1.82, 2.24) is 5.32 Å². The molecule has 0 aliphatic carbocycles. The topological polar surface area (TPSA) is 21.3 Å². The smallest absolute Gasteiger partial charge is 0.124 e. The summed E-state index contributed by atoms with van der Waals surface area (Å²) < 4.78 is 6.69. The Morgan fingerprint density at radius 3 is 2.45 bits per heavy atom. The van der Waals surface area contributed by atoms with Crippen molar-refractivity contribution in [3.63, 3.8) is 0 Å². The highest BCUT2D eigenvalue weighted by atomic mass is 79.9. The molecule has 2 nitrogen and oxygen atoms in total.